The van der Waals surface area contributed by atoms with E-state index in [0.29, 0.717) is 12.2 Å². The van der Waals surface area contributed by atoms with Crippen LogP contribution in [-0.2, 0) is 23.6 Å². The molecule has 0 fully saturated rings. The Morgan fingerprint density at radius 3 is 2.60 bits per heavy atom. The van der Waals surface area contributed by atoms with Crippen LogP contribution < -0.4 is 10.0 Å². The molecule has 1 aromatic heterocycles. The summed E-state index contributed by atoms with van der Waals surface area (Å²) in [5.74, 6) is 0. The van der Waals surface area contributed by atoms with Crippen molar-refractivity contribution >= 4 is 21.4 Å². The van der Waals surface area contributed by atoms with Gasteiger partial charge in [-0.2, -0.15) is 5.10 Å². The SMILES string of the molecule is Cc1cn(C)nc1CNc1cccc(NS(C)(=O)=O)c1. The number of aromatic nitrogens is 2. The van der Waals surface area contributed by atoms with Crippen LogP contribution in [0.3, 0.4) is 0 Å². The first-order valence-corrected chi connectivity index (χ1v) is 8.03. The minimum Gasteiger partial charge on any atom is -0.379 e. The first kappa shape index (κ1) is 14.4. The summed E-state index contributed by atoms with van der Waals surface area (Å²) in [6.45, 7) is 2.60. The lowest BCUT2D eigenvalue weighted by Gasteiger charge is -2.08. The van der Waals surface area contributed by atoms with Crippen LogP contribution in [0.15, 0.2) is 30.5 Å². The van der Waals surface area contributed by atoms with Crippen molar-refractivity contribution in [1.29, 1.82) is 0 Å². The van der Waals surface area contributed by atoms with Crippen LogP contribution in [0.25, 0.3) is 0 Å². The molecule has 0 aliphatic heterocycles. The number of anilines is 2. The Morgan fingerprint density at radius 1 is 1.30 bits per heavy atom. The molecule has 0 unspecified atom stereocenters. The molecule has 2 N–H and O–H groups in total. The van der Waals surface area contributed by atoms with Gasteiger partial charge in [0.1, 0.15) is 0 Å². The highest BCUT2D eigenvalue weighted by molar-refractivity contribution is 7.92. The zero-order valence-corrected chi connectivity index (χ0v) is 12.5. The lowest BCUT2D eigenvalue weighted by atomic mass is 10.2. The summed E-state index contributed by atoms with van der Waals surface area (Å²) in [4.78, 5) is 0. The number of hydrogen-bond donors (Lipinski definition) is 2. The summed E-state index contributed by atoms with van der Waals surface area (Å²) in [6, 6.07) is 7.13. The first-order valence-electron chi connectivity index (χ1n) is 6.14. The van der Waals surface area contributed by atoms with E-state index in [2.05, 4.69) is 15.1 Å². The van der Waals surface area contributed by atoms with E-state index in [1.165, 1.54) is 0 Å². The molecule has 1 aromatic carbocycles. The molecule has 0 amide bonds. The van der Waals surface area contributed by atoms with Crippen LogP contribution in [0.4, 0.5) is 11.4 Å². The first-order chi connectivity index (χ1) is 9.33. The predicted molar refractivity (Wildman–Crippen MR) is 80.2 cm³/mol. The van der Waals surface area contributed by atoms with Gasteiger partial charge in [-0.15, -0.1) is 0 Å². The van der Waals surface area contributed by atoms with Crippen molar-refractivity contribution in [2.24, 2.45) is 7.05 Å². The zero-order chi connectivity index (χ0) is 14.8. The molecule has 6 nitrogen and oxygen atoms in total. The maximum atomic E-state index is 11.2. The molecule has 7 heteroatoms. The normalized spacial score (nSPS) is 11.3. The van der Waals surface area contributed by atoms with E-state index in [4.69, 9.17) is 0 Å². The second-order valence-corrected chi connectivity index (χ2v) is 6.49. The van der Waals surface area contributed by atoms with Gasteiger partial charge in [-0.05, 0) is 30.7 Å². The van der Waals surface area contributed by atoms with E-state index in [-0.39, 0.29) is 0 Å². The third kappa shape index (κ3) is 3.99. The fourth-order valence-corrected chi connectivity index (χ4v) is 2.48. The van der Waals surface area contributed by atoms with Crippen molar-refractivity contribution in [3.05, 3.63) is 41.7 Å². The highest BCUT2D eigenvalue weighted by Gasteiger charge is 2.05. The molecular formula is C13H18N4O2S. The van der Waals surface area contributed by atoms with Crippen LogP contribution >= 0.6 is 0 Å². The van der Waals surface area contributed by atoms with Crippen molar-refractivity contribution in [3.8, 4) is 0 Å². The fourth-order valence-electron chi connectivity index (χ4n) is 1.92. The predicted octanol–water partition coefficient (Wildman–Crippen LogP) is 1.71. The van der Waals surface area contributed by atoms with Gasteiger partial charge in [-0.25, -0.2) is 8.42 Å². The highest BCUT2D eigenvalue weighted by Crippen LogP contribution is 2.17. The second kappa shape index (κ2) is 5.54. The highest BCUT2D eigenvalue weighted by atomic mass is 32.2. The van der Waals surface area contributed by atoms with Crippen molar-refractivity contribution in [1.82, 2.24) is 9.78 Å². The molecule has 0 radical (unpaired) electrons. The summed E-state index contributed by atoms with van der Waals surface area (Å²) >= 11 is 0. The number of sulfonamides is 1. The molecule has 0 bridgehead atoms. The Hall–Kier alpha value is -2.02. The molecule has 108 valence electrons. The van der Waals surface area contributed by atoms with Gasteiger partial charge in [0.05, 0.1) is 24.2 Å². The van der Waals surface area contributed by atoms with Gasteiger partial charge in [0.2, 0.25) is 10.0 Å². The molecule has 0 aliphatic carbocycles. The molecule has 2 aromatic rings. The van der Waals surface area contributed by atoms with E-state index < -0.39 is 10.0 Å². The van der Waals surface area contributed by atoms with Crippen LogP contribution in [0, 0.1) is 6.92 Å². The lowest BCUT2D eigenvalue weighted by Crippen LogP contribution is -2.10. The average molecular weight is 294 g/mol. The standard InChI is InChI=1S/C13H18N4O2S/c1-10-9-17(2)15-13(10)8-14-11-5-4-6-12(7-11)16-20(3,18)19/h4-7,9,14,16H,8H2,1-3H3. The summed E-state index contributed by atoms with van der Waals surface area (Å²) in [5, 5.41) is 7.58. The fraction of sp³-hybridized carbons (Fsp3) is 0.308. The second-order valence-electron chi connectivity index (χ2n) is 4.74. The number of nitrogens with zero attached hydrogens (tertiary/aromatic N) is 2. The van der Waals surface area contributed by atoms with Gasteiger partial charge in [-0.1, -0.05) is 6.07 Å². The minimum atomic E-state index is -3.26. The minimum absolute atomic E-state index is 0.537. The number of nitrogens with one attached hydrogen (secondary N) is 2. The van der Waals surface area contributed by atoms with E-state index in [9.17, 15) is 8.42 Å². The molecular weight excluding hydrogens is 276 g/mol. The molecule has 0 atom stereocenters. The van der Waals surface area contributed by atoms with Gasteiger partial charge in [0, 0.05) is 18.9 Å². The summed E-state index contributed by atoms with van der Waals surface area (Å²) in [6.07, 6.45) is 3.09. The Bertz CT molecular complexity index is 707. The topological polar surface area (TPSA) is 76.0 Å². The van der Waals surface area contributed by atoms with E-state index in [1.807, 2.05) is 26.2 Å². The number of hydrogen-bond acceptors (Lipinski definition) is 4. The summed E-state index contributed by atoms with van der Waals surface area (Å²) in [7, 11) is -1.38. The monoisotopic (exact) mass is 294 g/mol. The van der Waals surface area contributed by atoms with Gasteiger partial charge >= 0.3 is 0 Å². The Balaban J connectivity index is 2.07. The van der Waals surface area contributed by atoms with E-state index in [1.54, 1.807) is 22.9 Å². The van der Waals surface area contributed by atoms with Gasteiger partial charge in [0.25, 0.3) is 0 Å². The Kier molecular flexibility index (Phi) is 3.99. The molecule has 0 saturated carbocycles. The summed E-state index contributed by atoms with van der Waals surface area (Å²) in [5.41, 5.74) is 3.46. The van der Waals surface area contributed by atoms with Crippen molar-refractivity contribution < 1.29 is 8.42 Å². The molecule has 2 rings (SSSR count). The van der Waals surface area contributed by atoms with Crippen LogP contribution in [-0.4, -0.2) is 24.5 Å². The van der Waals surface area contributed by atoms with Crippen molar-refractivity contribution in [3.63, 3.8) is 0 Å². The maximum absolute atomic E-state index is 11.2. The van der Waals surface area contributed by atoms with Crippen molar-refractivity contribution in [2.45, 2.75) is 13.5 Å². The number of benzene rings is 1. The smallest absolute Gasteiger partial charge is 0.229 e. The molecule has 0 aliphatic rings. The van der Waals surface area contributed by atoms with E-state index in [0.717, 1.165) is 23.2 Å². The molecule has 0 spiro atoms. The molecule has 0 saturated heterocycles. The quantitative estimate of drug-likeness (QED) is 0.880. The lowest BCUT2D eigenvalue weighted by molar-refractivity contribution is 0.607. The van der Waals surface area contributed by atoms with Crippen LogP contribution in [0.1, 0.15) is 11.3 Å². The molecule has 20 heavy (non-hydrogen) atoms. The largest absolute Gasteiger partial charge is 0.379 e. The van der Waals surface area contributed by atoms with Gasteiger partial charge < -0.3 is 5.32 Å². The molecule has 1 heterocycles. The average Bonchev–Trinajstić information content (AvgIpc) is 2.63. The third-order valence-electron chi connectivity index (χ3n) is 2.74. The summed E-state index contributed by atoms with van der Waals surface area (Å²) < 4.78 is 26.6. The Labute approximate surface area is 118 Å². The van der Waals surface area contributed by atoms with E-state index >= 15 is 0 Å². The third-order valence-corrected chi connectivity index (χ3v) is 3.35. The number of aryl methyl sites for hydroxylation is 2. The number of rotatable bonds is 5. The van der Waals surface area contributed by atoms with Crippen LogP contribution in [0.5, 0.6) is 0 Å². The maximum Gasteiger partial charge on any atom is 0.229 e. The van der Waals surface area contributed by atoms with Crippen LogP contribution in [0.2, 0.25) is 0 Å². The van der Waals surface area contributed by atoms with Crippen molar-refractivity contribution in [2.75, 3.05) is 16.3 Å². The van der Waals surface area contributed by atoms with Gasteiger partial charge in [0.15, 0.2) is 0 Å². The zero-order valence-electron chi connectivity index (χ0n) is 11.7. The Morgan fingerprint density at radius 2 is 2.00 bits per heavy atom. The van der Waals surface area contributed by atoms with Gasteiger partial charge in [-0.3, -0.25) is 9.40 Å².